The van der Waals surface area contributed by atoms with Crippen LogP contribution in [0.25, 0.3) is 0 Å². The van der Waals surface area contributed by atoms with Crippen molar-refractivity contribution in [3.8, 4) is 0 Å². The molecule has 2 atom stereocenters. The number of carbonyl (C=O) groups is 3. The molecule has 3 amide bonds. The Balaban J connectivity index is 2.16. The van der Waals surface area contributed by atoms with Crippen molar-refractivity contribution in [2.24, 2.45) is 0 Å². The highest BCUT2D eigenvalue weighted by atomic mass is 32.2. The van der Waals surface area contributed by atoms with Gasteiger partial charge in [0.15, 0.2) is 0 Å². The summed E-state index contributed by atoms with van der Waals surface area (Å²) < 4.78 is 0. The van der Waals surface area contributed by atoms with Gasteiger partial charge in [-0.2, -0.15) is 0 Å². The number of hydrogen-bond donors (Lipinski definition) is 1. The lowest BCUT2D eigenvalue weighted by atomic mass is 10.1. The number of imide groups is 1. The zero-order valence-corrected chi connectivity index (χ0v) is 16.3. The van der Waals surface area contributed by atoms with Crippen molar-refractivity contribution >= 4 is 35.2 Å². The zero-order valence-electron chi connectivity index (χ0n) is 15.5. The second kappa shape index (κ2) is 8.04. The van der Waals surface area contributed by atoms with Gasteiger partial charge in [-0.1, -0.05) is 31.5 Å². The van der Waals surface area contributed by atoms with Crippen LogP contribution in [0.4, 0.5) is 5.69 Å². The first-order chi connectivity index (χ1) is 11.8. The molecule has 5 nitrogen and oxygen atoms in total. The molecular weight excluding hydrogens is 336 g/mol. The Hall–Kier alpha value is -1.82. The molecule has 1 aliphatic heterocycles. The lowest BCUT2D eigenvalue weighted by Crippen LogP contribution is -2.53. The van der Waals surface area contributed by atoms with Crippen LogP contribution in [0.2, 0.25) is 0 Å². The fourth-order valence-electron chi connectivity index (χ4n) is 3.17. The van der Waals surface area contributed by atoms with Crippen LogP contribution >= 0.6 is 11.8 Å². The molecule has 0 aromatic heterocycles. The summed E-state index contributed by atoms with van der Waals surface area (Å²) in [6, 6.07) is 3.99. The van der Waals surface area contributed by atoms with Crippen molar-refractivity contribution in [2.75, 3.05) is 11.9 Å². The maximum absolute atomic E-state index is 12.5. The summed E-state index contributed by atoms with van der Waals surface area (Å²) >= 11 is 1.42. The van der Waals surface area contributed by atoms with Crippen molar-refractivity contribution in [2.45, 2.75) is 58.0 Å². The summed E-state index contributed by atoms with van der Waals surface area (Å²) in [5, 5.41) is 2.36. The Kier molecular flexibility index (Phi) is 6.27. The van der Waals surface area contributed by atoms with Crippen molar-refractivity contribution in [1.29, 1.82) is 0 Å². The van der Waals surface area contributed by atoms with Crippen molar-refractivity contribution < 1.29 is 14.4 Å². The largest absolute Gasteiger partial charge is 0.324 e. The van der Waals surface area contributed by atoms with Gasteiger partial charge in [-0.25, -0.2) is 0 Å². The SMILES string of the molecule is CC[C@@H]1S[C@H](CC)C(=O)N(CC(=O)Nc2c(C)cc(C)cc2C)C1=O. The fourth-order valence-corrected chi connectivity index (χ4v) is 4.44. The summed E-state index contributed by atoms with van der Waals surface area (Å²) in [6.45, 7) is 9.50. The monoisotopic (exact) mass is 362 g/mol. The molecule has 1 aromatic rings. The van der Waals surface area contributed by atoms with E-state index in [4.69, 9.17) is 0 Å². The molecule has 2 rings (SSSR count). The summed E-state index contributed by atoms with van der Waals surface area (Å²) in [5.74, 6) is -0.849. The van der Waals surface area contributed by atoms with Crippen LogP contribution in [0.3, 0.4) is 0 Å². The third kappa shape index (κ3) is 4.24. The number of thioether (sulfide) groups is 1. The molecule has 1 saturated heterocycles. The normalized spacial score (nSPS) is 20.8. The molecule has 0 unspecified atom stereocenters. The van der Waals surface area contributed by atoms with Crippen LogP contribution in [0, 0.1) is 20.8 Å². The first-order valence-corrected chi connectivity index (χ1v) is 9.61. The van der Waals surface area contributed by atoms with Crippen LogP contribution in [0.15, 0.2) is 12.1 Å². The van der Waals surface area contributed by atoms with Gasteiger partial charge in [-0.15, -0.1) is 11.8 Å². The van der Waals surface area contributed by atoms with Crippen molar-refractivity contribution in [3.63, 3.8) is 0 Å². The summed E-state index contributed by atoms with van der Waals surface area (Å²) in [7, 11) is 0. The first kappa shape index (κ1) is 19.5. The number of aryl methyl sites for hydroxylation is 3. The highest BCUT2D eigenvalue weighted by Gasteiger charge is 2.40. The average Bonchev–Trinajstić information content (AvgIpc) is 2.55. The Morgan fingerprint density at radius 2 is 1.52 bits per heavy atom. The lowest BCUT2D eigenvalue weighted by Gasteiger charge is -2.34. The van der Waals surface area contributed by atoms with Gasteiger partial charge in [0.2, 0.25) is 17.7 Å². The third-order valence-corrected chi connectivity index (χ3v) is 6.12. The van der Waals surface area contributed by atoms with Gasteiger partial charge >= 0.3 is 0 Å². The maximum Gasteiger partial charge on any atom is 0.244 e. The molecule has 1 N–H and O–H groups in total. The Labute approximate surface area is 153 Å². The average molecular weight is 362 g/mol. The van der Waals surface area contributed by atoms with E-state index in [1.807, 2.05) is 46.8 Å². The molecule has 0 aliphatic carbocycles. The third-order valence-electron chi connectivity index (χ3n) is 4.40. The second-order valence-electron chi connectivity index (χ2n) is 6.51. The van der Waals surface area contributed by atoms with E-state index < -0.39 is 0 Å². The van der Waals surface area contributed by atoms with Gasteiger partial charge in [0.25, 0.3) is 0 Å². The van der Waals surface area contributed by atoms with E-state index in [2.05, 4.69) is 5.32 Å². The number of rotatable bonds is 5. The molecule has 6 heteroatoms. The number of hydrogen-bond acceptors (Lipinski definition) is 4. The molecule has 1 aromatic carbocycles. The van der Waals surface area contributed by atoms with Gasteiger partial charge in [-0.3, -0.25) is 19.3 Å². The summed E-state index contributed by atoms with van der Waals surface area (Å²) in [6.07, 6.45) is 1.31. The number of benzene rings is 1. The van der Waals surface area contributed by atoms with Crippen LogP contribution < -0.4 is 5.32 Å². The number of nitrogens with zero attached hydrogens (tertiary/aromatic N) is 1. The molecule has 1 heterocycles. The number of carbonyl (C=O) groups excluding carboxylic acids is 3. The molecule has 25 heavy (non-hydrogen) atoms. The quantitative estimate of drug-likeness (QED) is 0.817. The highest BCUT2D eigenvalue weighted by molar-refractivity contribution is 8.02. The van der Waals surface area contributed by atoms with Crippen molar-refractivity contribution in [1.82, 2.24) is 4.90 Å². The summed E-state index contributed by atoms with van der Waals surface area (Å²) in [4.78, 5) is 38.6. The van der Waals surface area contributed by atoms with Crippen LogP contribution in [0.1, 0.15) is 43.4 Å². The minimum absolute atomic E-state index is 0.224. The Bertz CT molecular complexity index is 657. The minimum Gasteiger partial charge on any atom is -0.324 e. The van der Waals surface area contributed by atoms with Crippen LogP contribution in [-0.2, 0) is 14.4 Å². The van der Waals surface area contributed by atoms with Gasteiger partial charge in [0.1, 0.15) is 6.54 Å². The topological polar surface area (TPSA) is 66.5 Å². The van der Waals surface area contributed by atoms with E-state index in [0.717, 1.165) is 27.3 Å². The smallest absolute Gasteiger partial charge is 0.244 e. The van der Waals surface area contributed by atoms with Gasteiger partial charge in [0.05, 0.1) is 10.5 Å². The fraction of sp³-hybridized carbons (Fsp3) is 0.526. The van der Waals surface area contributed by atoms with Gasteiger partial charge in [0, 0.05) is 5.69 Å². The Morgan fingerprint density at radius 3 is 1.96 bits per heavy atom. The minimum atomic E-state index is -0.339. The van der Waals surface area contributed by atoms with E-state index >= 15 is 0 Å². The predicted octanol–water partition coefficient (Wildman–Crippen LogP) is 3.21. The van der Waals surface area contributed by atoms with E-state index in [0.29, 0.717) is 12.8 Å². The van der Waals surface area contributed by atoms with E-state index in [1.165, 1.54) is 11.8 Å². The molecular formula is C19H26N2O3S. The molecule has 0 radical (unpaired) electrons. The first-order valence-electron chi connectivity index (χ1n) is 8.66. The van der Waals surface area contributed by atoms with Gasteiger partial charge < -0.3 is 5.32 Å². The van der Waals surface area contributed by atoms with Crippen LogP contribution in [0.5, 0.6) is 0 Å². The molecule has 1 aliphatic rings. The van der Waals surface area contributed by atoms with E-state index in [9.17, 15) is 14.4 Å². The van der Waals surface area contributed by atoms with Crippen LogP contribution in [-0.4, -0.2) is 39.7 Å². The highest BCUT2D eigenvalue weighted by Crippen LogP contribution is 2.31. The molecule has 0 saturated carbocycles. The van der Waals surface area contributed by atoms with E-state index in [1.54, 1.807) is 0 Å². The lowest BCUT2D eigenvalue weighted by molar-refractivity contribution is -0.147. The standard InChI is InChI=1S/C19H26N2O3S/c1-6-14-18(23)21(19(24)15(7-2)25-14)10-16(22)20-17-12(4)8-11(3)9-13(17)5/h8-9,14-15H,6-7,10H2,1-5H3,(H,20,22)/t14-,15+. The van der Waals surface area contributed by atoms with E-state index in [-0.39, 0.29) is 34.8 Å². The maximum atomic E-state index is 12.5. The number of anilines is 1. The molecule has 136 valence electrons. The molecule has 0 spiro atoms. The second-order valence-corrected chi connectivity index (χ2v) is 7.92. The van der Waals surface area contributed by atoms with Gasteiger partial charge in [-0.05, 0) is 44.7 Å². The number of amides is 3. The zero-order chi connectivity index (χ0) is 18.7. The molecule has 1 fully saturated rings. The number of nitrogens with one attached hydrogen (secondary N) is 1. The summed E-state index contributed by atoms with van der Waals surface area (Å²) in [5.41, 5.74) is 3.81. The van der Waals surface area contributed by atoms with Crippen molar-refractivity contribution in [3.05, 3.63) is 28.8 Å². The Morgan fingerprint density at radius 1 is 1.04 bits per heavy atom. The molecule has 0 bridgehead atoms. The predicted molar refractivity (Wildman–Crippen MR) is 102 cm³/mol.